The first-order chi connectivity index (χ1) is 10.2. The Balaban J connectivity index is 2.01. The zero-order chi connectivity index (χ0) is 14.9. The highest BCUT2D eigenvalue weighted by molar-refractivity contribution is 5.98. The van der Waals surface area contributed by atoms with Gasteiger partial charge in [-0.05, 0) is 25.0 Å². The van der Waals surface area contributed by atoms with E-state index in [4.69, 9.17) is 15.2 Å². The highest BCUT2D eigenvalue weighted by Crippen LogP contribution is 2.41. The number of rotatable bonds is 3. The zero-order valence-corrected chi connectivity index (χ0v) is 12.7. The van der Waals surface area contributed by atoms with Gasteiger partial charge < -0.3 is 20.1 Å². The minimum atomic E-state index is -0.149. The van der Waals surface area contributed by atoms with Gasteiger partial charge in [-0.1, -0.05) is 18.9 Å². The van der Waals surface area contributed by atoms with Crippen LogP contribution in [0.5, 0.6) is 5.75 Å². The molecule has 2 atom stereocenters. The Bertz CT molecular complexity index is 546. The molecule has 1 aromatic rings. The molecule has 0 aromatic heterocycles. The highest BCUT2D eigenvalue weighted by Gasteiger charge is 2.50. The van der Waals surface area contributed by atoms with Gasteiger partial charge in [0.15, 0.2) is 5.96 Å². The average Bonchev–Trinajstić information content (AvgIpc) is 2.85. The van der Waals surface area contributed by atoms with E-state index >= 15 is 0 Å². The lowest BCUT2D eigenvalue weighted by Crippen LogP contribution is -2.61. The third-order valence-electron chi connectivity index (χ3n) is 4.71. The molecule has 1 aliphatic carbocycles. The van der Waals surface area contributed by atoms with Crippen molar-refractivity contribution < 1.29 is 9.47 Å². The summed E-state index contributed by atoms with van der Waals surface area (Å²) >= 11 is 0. The highest BCUT2D eigenvalue weighted by atomic mass is 16.5. The molecule has 0 amide bonds. The number of anilines is 1. The van der Waals surface area contributed by atoms with Crippen molar-refractivity contribution in [1.82, 2.24) is 0 Å². The standard InChI is InChI=1S/C16H23N3O2/c1-20-13-7-5-6-12(10-13)19-15(17)18-11-16(19)9-4-3-8-14(16)21-2/h5-7,10,14H,3-4,8-9,11H2,1-2H3,(H2,17,18). The predicted molar refractivity (Wildman–Crippen MR) is 84.0 cm³/mol. The van der Waals surface area contributed by atoms with Crippen molar-refractivity contribution >= 4 is 11.6 Å². The molecular formula is C16H23N3O2. The number of nitrogens with zero attached hydrogens (tertiary/aromatic N) is 2. The Morgan fingerprint density at radius 2 is 2.19 bits per heavy atom. The van der Waals surface area contributed by atoms with Gasteiger partial charge in [0.25, 0.3) is 0 Å². The van der Waals surface area contributed by atoms with Crippen molar-refractivity contribution in [3.8, 4) is 5.75 Å². The number of ether oxygens (including phenoxy) is 2. The molecule has 5 nitrogen and oxygen atoms in total. The Kier molecular flexibility index (Phi) is 3.76. The van der Waals surface area contributed by atoms with E-state index in [1.807, 2.05) is 18.2 Å². The number of methoxy groups -OCH3 is 2. The van der Waals surface area contributed by atoms with Gasteiger partial charge in [-0.2, -0.15) is 0 Å². The minimum Gasteiger partial charge on any atom is -0.497 e. The summed E-state index contributed by atoms with van der Waals surface area (Å²) in [6.07, 6.45) is 4.64. The molecule has 0 bridgehead atoms. The van der Waals surface area contributed by atoms with Crippen LogP contribution in [-0.2, 0) is 4.74 Å². The van der Waals surface area contributed by atoms with Crippen LogP contribution < -0.4 is 15.4 Å². The van der Waals surface area contributed by atoms with Crippen LogP contribution in [0.1, 0.15) is 25.7 Å². The van der Waals surface area contributed by atoms with Crippen molar-refractivity contribution in [2.45, 2.75) is 37.3 Å². The van der Waals surface area contributed by atoms with Gasteiger partial charge >= 0.3 is 0 Å². The fourth-order valence-corrected chi connectivity index (χ4v) is 3.69. The molecule has 1 spiro atoms. The molecule has 2 unspecified atom stereocenters. The fraction of sp³-hybridized carbons (Fsp3) is 0.562. The molecule has 2 N–H and O–H groups in total. The van der Waals surface area contributed by atoms with Crippen molar-refractivity contribution in [2.24, 2.45) is 10.7 Å². The van der Waals surface area contributed by atoms with Crippen LogP contribution in [0.2, 0.25) is 0 Å². The van der Waals surface area contributed by atoms with E-state index in [1.54, 1.807) is 14.2 Å². The molecule has 1 aromatic carbocycles. The topological polar surface area (TPSA) is 60.1 Å². The predicted octanol–water partition coefficient (Wildman–Crippen LogP) is 2.16. The van der Waals surface area contributed by atoms with E-state index in [-0.39, 0.29) is 11.6 Å². The molecule has 0 saturated heterocycles. The Hall–Kier alpha value is -1.75. The third-order valence-corrected chi connectivity index (χ3v) is 4.71. The first kappa shape index (κ1) is 14.2. The van der Waals surface area contributed by atoms with Gasteiger partial charge in [-0.25, -0.2) is 0 Å². The number of aliphatic imine (C=N–C) groups is 1. The molecule has 1 fully saturated rings. The van der Waals surface area contributed by atoms with Crippen molar-refractivity contribution in [1.29, 1.82) is 0 Å². The monoisotopic (exact) mass is 289 g/mol. The van der Waals surface area contributed by atoms with Crippen LogP contribution in [0.15, 0.2) is 29.3 Å². The smallest absolute Gasteiger partial charge is 0.196 e. The largest absolute Gasteiger partial charge is 0.497 e. The molecule has 3 rings (SSSR count). The number of nitrogens with two attached hydrogens (primary N) is 1. The molecule has 0 radical (unpaired) electrons. The first-order valence-corrected chi connectivity index (χ1v) is 7.48. The van der Waals surface area contributed by atoms with Crippen molar-refractivity contribution in [2.75, 3.05) is 25.7 Å². The van der Waals surface area contributed by atoms with E-state index in [0.717, 1.165) is 24.3 Å². The van der Waals surface area contributed by atoms with Crippen LogP contribution in [0.3, 0.4) is 0 Å². The average molecular weight is 289 g/mol. The van der Waals surface area contributed by atoms with Gasteiger partial charge in [0.05, 0.1) is 25.3 Å². The summed E-state index contributed by atoms with van der Waals surface area (Å²) in [5, 5.41) is 0. The maximum absolute atomic E-state index is 6.20. The molecule has 1 heterocycles. The second-order valence-corrected chi connectivity index (χ2v) is 5.79. The Labute approximate surface area is 125 Å². The summed E-state index contributed by atoms with van der Waals surface area (Å²) in [6, 6.07) is 7.99. The second-order valence-electron chi connectivity index (χ2n) is 5.79. The summed E-state index contributed by atoms with van der Waals surface area (Å²) in [5.41, 5.74) is 7.08. The molecular weight excluding hydrogens is 266 g/mol. The van der Waals surface area contributed by atoms with Gasteiger partial charge in [0.2, 0.25) is 0 Å². The van der Waals surface area contributed by atoms with E-state index in [0.29, 0.717) is 12.5 Å². The lowest BCUT2D eigenvalue weighted by Gasteiger charge is -2.46. The molecule has 1 aliphatic heterocycles. The van der Waals surface area contributed by atoms with Gasteiger partial charge in [-0.3, -0.25) is 4.99 Å². The number of guanidine groups is 1. The van der Waals surface area contributed by atoms with Crippen LogP contribution in [-0.4, -0.2) is 38.4 Å². The van der Waals surface area contributed by atoms with Crippen molar-refractivity contribution in [3.05, 3.63) is 24.3 Å². The van der Waals surface area contributed by atoms with E-state index in [2.05, 4.69) is 16.0 Å². The Morgan fingerprint density at radius 1 is 1.33 bits per heavy atom. The lowest BCUT2D eigenvalue weighted by atomic mass is 9.78. The van der Waals surface area contributed by atoms with Crippen LogP contribution in [0.4, 0.5) is 5.69 Å². The van der Waals surface area contributed by atoms with Gasteiger partial charge in [-0.15, -0.1) is 0 Å². The molecule has 21 heavy (non-hydrogen) atoms. The summed E-state index contributed by atoms with van der Waals surface area (Å²) in [7, 11) is 3.46. The number of benzene rings is 1. The van der Waals surface area contributed by atoms with E-state index in [9.17, 15) is 0 Å². The maximum atomic E-state index is 6.20. The molecule has 5 heteroatoms. The number of hydrogen-bond donors (Lipinski definition) is 1. The van der Waals surface area contributed by atoms with E-state index in [1.165, 1.54) is 12.8 Å². The first-order valence-electron chi connectivity index (χ1n) is 7.48. The summed E-state index contributed by atoms with van der Waals surface area (Å²) in [4.78, 5) is 6.68. The molecule has 1 saturated carbocycles. The number of hydrogen-bond acceptors (Lipinski definition) is 5. The van der Waals surface area contributed by atoms with Crippen LogP contribution in [0, 0.1) is 0 Å². The molecule has 114 valence electrons. The normalized spacial score (nSPS) is 28.8. The van der Waals surface area contributed by atoms with Crippen molar-refractivity contribution in [3.63, 3.8) is 0 Å². The minimum absolute atomic E-state index is 0.149. The van der Waals surface area contributed by atoms with Crippen LogP contribution in [0.25, 0.3) is 0 Å². The van der Waals surface area contributed by atoms with Gasteiger partial charge in [0.1, 0.15) is 5.75 Å². The Morgan fingerprint density at radius 3 is 2.95 bits per heavy atom. The summed E-state index contributed by atoms with van der Waals surface area (Å²) < 4.78 is 11.1. The molecule has 2 aliphatic rings. The summed E-state index contributed by atoms with van der Waals surface area (Å²) in [5.74, 6) is 1.40. The third kappa shape index (κ3) is 2.25. The summed E-state index contributed by atoms with van der Waals surface area (Å²) in [6.45, 7) is 0.703. The van der Waals surface area contributed by atoms with Gasteiger partial charge in [0, 0.05) is 18.9 Å². The zero-order valence-electron chi connectivity index (χ0n) is 12.7. The fourth-order valence-electron chi connectivity index (χ4n) is 3.69. The quantitative estimate of drug-likeness (QED) is 0.926. The maximum Gasteiger partial charge on any atom is 0.196 e. The SMILES string of the molecule is COc1cccc(N2C(N)=NCC23CCCCC3OC)c1. The van der Waals surface area contributed by atoms with E-state index < -0.39 is 0 Å². The second kappa shape index (κ2) is 5.56. The lowest BCUT2D eigenvalue weighted by molar-refractivity contribution is 0.0143. The van der Waals surface area contributed by atoms with Crippen LogP contribution >= 0.6 is 0 Å².